The number of rotatable bonds is 5. The summed E-state index contributed by atoms with van der Waals surface area (Å²) >= 11 is 0. The second-order valence-electron chi connectivity index (χ2n) is 6.64. The molecule has 23 heavy (non-hydrogen) atoms. The highest BCUT2D eigenvalue weighted by Crippen LogP contribution is 2.31. The lowest BCUT2D eigenvalue weighted by Gasteiger charge is -2.15. The number of aromatic nitrogens is 1. The topological polar surface area (TPSA) is 42.2 Å². The van der Waals surface area contributed by atoms with E-state index >= 15 is 0 Å². The summed E-state index contributed by atoms with van der Waals surface area (Å²) in [7, 11) is 0. The van der Waals surface area contributed by atoms with Crippen LogP contribution in [0.1, 0.15) is 44.0 Å². The summed E-state index contributed by atoms with van der Waals surface area (Å²) in [5, 5.41) is 12.2. The molecular formula is C20H23NO2. The average Bonchev–Trinajstić information content (AvgIpc) is 2.84. The van der Waals surface area contributed by atoms with Crippen LogP contribution in [0.4, 0.5) is 0 Å². The number of carbonyl (C=O) groups excluding carboxylic acids is 1. The Labute approximate surface area is 136 Å². The molecule has 0 radical (unpaired) electrons. The van der Waals surface area contributed by atoms with Crippen molar-refractivity contribution in [3.8, 4) is 0 Å². The fraction of sp³-hybridized carbons (Fsp3) is 0.350. The number of fused-ring (bicyclic) bond motifs is 3. The maximum atomic E-state index is 12.4. The van der Waals surface area contributed by atoms with Gasteiger partial charge < -0.3 is 9.67 Å². The fourth-order valence-corrected chi connectivity index (χ4v) is 3.11. The first-order valence-corrected chi connectivity index (χ1v) is 8.21. The molecule has 0 saturated carbocycles. The molecule has 3 rings (SSSR count). The molecule has 120 valence electrons. The van der Waals surface area contributed by atoms with Crippen LogP contribution in [-0.4, -0.2) is 21.1 Å². The second-order valence-corrected chi connectivity index (χ2v) is 6.64. The maximum Gasteiger partial charge on any atom is 0.193 e. The van der Waals surface area contributed by atoms with Crippen LogP contribution in [0, 0.1) is 0 Å². The molecule has 1 heterocycles. The number of para-hydroxylation sites is 1. The number of unbranched alkanes of at least 4 members (excludes halogenated alkanes) is 1. The van der Waals surface area contributed by atoms with Gasteiger partial charge in [-0.3, -0.25) is 4.79 Å². The molecule has 0 atom stereocenters. The molecule has 3 nitrogen and oxygen atoms in total. The number of aliphatic hydroxyl groups is 1. The second kappa shape index (κ2) is 5.82. The van der Waals surface area contributed by atoms with Gasteiger partial charge >= 0.3 is 0 Å². The average molecular weight is 309 g/mol. The normalized spacial score (nSPS) is 12.2. The Kier molecular flexibility index (Phi) is 3.99. The first kappa shape index (κ1) is 15.8. The molecular weight excluding hydrogens is 286 g/mol. The predicted molar refractivity (Wildman–Crippen MR) is 95.0 cm³/mol. The van der Waals surface area contributed by atoms with Crippen LogP contribution in [0.2, 0.25) is 0 Å². The predicted octanol–water partition coefficient (Wildman–Crippen LogP) is 4.55. The van der Waals surface area contributed by atoms with Gasteiger partial charge in [-0.15, -0.1) is 0 Å². The van der Waals surface area contributed by atoms with E-state index in [1.807, 2.05) is 30.3 Å². The number of ketones is 1. The molecule has 0 aliphatic rings. The van der Waals surface area contributed by atoms with Crippen molar-refractivity contribution >= 4 is 27.6 Å². The monoisotopic (exact) mass is 309 g/mol. The van der Waals surface area contributed by atoms with Crippen LogP contribution in [0.3, 0.4) is 0 Å². The summed E-state index contributed by atoms with van der Waals surface area (Å²) in [6.45, 7) is 6.22. The van der Waals surface area contributed by atoms with Crippen LogP contribution in [0.5, 0.6) is 0 Å². The van der Waals surface area contributed by atoms with Crippen LogP contribution >= 0.6 is 0 Å². The van der Waals surface area contributed by atoms with Gasteiger partial charge in [-0.2, -0.15) is 0 Å². The van der Waals surface area contributed by atoms with Crippen LogP contribution in [0.25, 0.3) is 21.8 Å². The first-order chi connectivity index (χ1) is 10.9. The van der Waals surface area contributed by atoms with E-state index in [1.54, 1.807) is 0 Å². The quantitative estimate of drug-likeness (QED) is 0.703. The van der Waals surface area contributed by atoms with E-state index in [-0.39, 0.29) is 5.78 Å². The number of Topliss-reactive ketones (excluding diaryl/α,β-unsaturated/α-hetero) is 1. The number of nitrogens with zero attached hydrogens (tertiary/aromatic N) is 1. The summed E-state index contributed by atoms with van der Waals surface area (Å²) in [6.07, 6.45) is 2.27. The molecule has 0 aliphatic carbocycles. The zero-order valence-electron chi connectivity index (χ0n) is 14.0. The minimum atomic E-state index is -1.35. The largest absolute Gasteiger partial charge is 0.382 e. The van der Waals surface area contributed by atoms with Crippen molar-refractivity contribution < 1.29 is 9.90 Å². The number of benzene rings is 2. The zero-order valence-corrected chi connectivity index (χ0v) is 14.0. The molecule has 0 spiro atoms. The summed E-state index contributed by atoms with van der Waals surface area (Å²) in [6, 6.07) is 14.0. The first-order valence-electron chi connectivity index (χ1n) is 8.21. The van der Waals surface area contributed by atoms with E-state index in [0.717, 1.165) is 35.7 Å². The molecule has 2 aromatic carbocycles. The lowest BCUT2D eigenvalue weighted by molar-refractivity contribution is 0.0488. The van der Waals surface area contributed by atoms with Gasteiger partial charge in [0, 0.05) is 33.9 Å². The van der Waals surface area contributed by atoms with Gasteiger partial charge in [-0.05, 0) is 44.5 Å². The Hall–Kier alpha value is -2.13. The highest BCUT2D eigenvalue weighted by Gasteiger charge is 2.25. The lowest BCUT2D eigenvalue weighted by atomic mass is 9.95. The van der Waals surface area contributed by atoms with Crippen molar-refractivity contribution in [1.29, 1.82) is 0 Å². The fourth-order valence-electron chi connectivity index (χ4n) is 3.11. The van der Waals surface area contributed by atoms with Gasteiger partial charge in [0.1, 0.15) is 5.60 Å². The highest BCUT2D eigenvalue weighted by molar-refractivity contribution is 6.12. The Morgan fingerprint density at radius 2 is 1.78 bits per heavy atom. The third-order valence-corrected chi connectivity index (χ3v) is 4.33. The number of carbonyl (C=O) groups is 1. The van der Waals surface area contributed by atoms with Gasteiger partial charge in [0.25, 0.3) is 0 Å². The third-order valence-electron chi connectivity index (χ3n) is 4.33. The lowest BCUT2D eigenvalue weighted by Crippen LogP contribution is -2.30. The van der Waals surface area contributed by atoms with Crippen molar-refractivity contribution in [3.05, 3.63) is 48.0 Å². The minimum absolute atomic E-state index is 0.246. The zero-order chi connectivity index (χ0) is 16.6. The Morgan fingerprint density at radius 3 is 2.48 bits per heavy atom. The SMILES string of the molecule is CCCCn1c2ccccc2c2cc(C(=O)C(C)(C)O)ccc21. The number of hydrogen-bond donors (Lipinski definition) is 1. The van der Waals surface area contributed by atoms with E-state index < -0.39 is 5.60 Å². The van der Waals surface area contributed by atoms with Crippen LogP contribution in [0.15, 0.2) is 42.5 Å². The molecule has 0 bridgehead atoms. The molecule has 1 aromatic heterocycles. The molecule has 0 unspecified atom stereocenters. The van der Waals surface area contributed by atoms with Crippen molar-refractivity contribution in [2.24, 2.45) is 0 Å². The van der Waals surface area contributed by atoms with Gasteiger partial charge in [0.2, 0.25) is 0 Å². The summed E-state index contributed by atoms with van der Waals surface area (Å²) in [4.78, 5) is 12.4. The summed E-state index contributed by atoms with van der Waals surface area (Å²) in [5.41, 5.74) is 1.55. The molecule has 0 saturated heterocycles. The minimum Gasteiger partial charge on any atom is -0.382 e. The summed E-state index contributed by atoms with van der Waals surface area (Å²) < 4.78 is 2.33. The van der Waals surface area contributed by atoms with E-state index in [0.29, 0.717) is 5.56 Å². The van der Waals surface area contributed by atoms with Gasteiger partial charge in [-0.25, -0.2) is 0 Å². The van der Waals surface area contributed by atoms with Gasteiger partial charge in [-0.1, -0.05) is 31.5 Å². The smallest absolute Gasteiger partial charge is 0.193 e. The number of aryl methyl sites for hydroxylation is 1. The van der Waals surface area contributed by atoms with E-state index in [2.05, 4.69) is 23.6 Å². The Balaban J connectivity index is 2.23. The number of hydrogen-bond acceptors (Lipinski definition) is 2. The van der Waals surface area contributed by atoms with Crippen LogP contribution < -0.4 is 0 Å². The standard InChI is InChI=1S/C20H23NO2/c1-4-5-12-21-17-9-7-6-8-15(17)16-13-14(10-11-18(16)21)19(22)20(2,3)23/h6-11,13,23H,4-5,12H2,1-3H3. The van der Waals surface area contributed by atoms with Crippen LogP contribution in [-0.2, 0) is 6.54 Å². The Bertz CT molecular complexity index is 868. The molecule has 0 aliphatic heterocycles. The van der Waals surface area contributed by atoms with Crippen molar-refractivity contribution in [1.82, 2.24) is 4.57 Å². The third kappa shape index (κ3) is 2.77. The van der Waals surface area contributed by atoms with E-state index in [1.165, 1.54) is 19.4 Å². The van der Waals surface area contributed by atoms with Gasteiger partial charge in [0.05, 0.1) is 0 Å². The van der Waals surface area contributed by atoms with Crippen molar-refractivity contribution in [3.63, 3.8) is 0 Å². The molecule has 0 fully saturated rings. The molecule has 3 heteroatoms. The van der Waals surface area contributed by atoms with E-state index in [9.17, 15) is 9.90 Å². The molecule has 0 amide bonds. The molecule has 1 N–H and O–H groups in total. The maximum absolute atomic E-state index is 12.4. The van der Waals surface area contributed by atoms with Crippen molar-refractivity contribution in [2.45, 2.75) is 45.8 Å². The Morgan fingerprint density at radius 1 is 1.09 bits per heavy atom. The highest BCUT2D eigenvalue weighted by atomic mass is 16.3. The van der Waals surface area contributed by atoms with E-state index in [4.69, 9.17) is 0 Å². The van der Waals surface area contributed by atoms with Crippen molar-refractivity contribution in [2.75, 3.05) is 0 Å². The molecule has 3 aromatic rings. The summed E-state index contributed by atoms with van der Waals surface area (Å²) in [5.74, 6) is -0.246. The van der Waals surface area contributed by atoms with Gasteiger partial charge in [0.15, 0.2) is 5.78 Å².